The highest BCUT2D eigenvalue weighted by atomic mass is 16.5. The zero-order chi connectivity index (χ0) is 19.6. The Morgan fingerprint density at radius 2 is 1.85 bits per heavy atom. The van der Waals surface area contributed by atoms with Gasteiger partial charge in [0.25, 0.3) is 5.91 Å². The summed E-state index contributed by atoms with van der Waals surface area (Å²) in [5.74, 6) is 0.997. The minimum atomic E-state index is -0.165. The molecule has 27 heavy (non-hydrogen) atoms. The van der Waals surface area contributed by atoms with Crippen molar-refractivity contribution in [3.63, 3.8) is 0 Å². The van der Waals surface area contributed by atoms with Crippen molar-refractivity contribution in [3.05, 3.63) is 65.2 Å². The van der Waals surface area contributed by atoms with Gasteiger partial charge in [-0.25, -0.2) is 0 Å². The first kappa shape index (κ1) is 20.5. The normalized spacial score (nSPS) is 11.0. The molecule has 2 N–H and O–H groups in total. The Labute approximate surface area is 161 Å². The Morgan fingerprint density at radius 1 is 1.11 bits per heavy atom. The Balaban J connectivity index is 1.92. The molecule has 2 rings (SSSR count). The number of rotatable bonds is 9. The first-order valence-corrected chi connectivity index (χ1v) is 9.09. The minimum absolute atomic E-state index is 0.0551. The van der Waals surface area contributed by atoms with E-state index in [4.69, 9.17) is 9.47 Å². The molecule has 2 aromatic rings. The number of carbonyl (C=O) groups excluding carboxylic acids is 1. The van der Waals surface area contributed by atoms with Gasteiger partial charge in [0.1, 0.15) is 6.54 Å². The lowest BCUT2D eigenvalue weighted by Gasteiger charge is -2.14. The number of hydrogen-bond acceptors (Lipinski definition) is 3. The van der Waals surface area contributed by atoms with Crippen molar-refractivity contribution >= 4 is 12.0 Å². The van der Waals surface area contributed by atoms with Crippen LogP contribution in [0.5, 0.6) is 11.5 Å². The summed E-state index contributed by atoms with van der Waals surface area (Å²) >= 11 is 0. The molecule has 5 nitrogen and oxygen atoms in total. The topological polar surface area (TPSA) is 52.0 Å². The van der Waals surface area contributed by atoms with Gasteiger partial charge in [0.2, 0.25) is 0 Å². The Morgan fingerprint density at radius 3 is 2.52 bits per heavy atom. The molecule has 0 bridgehead atoms. The van der Waals surface area contributed by atoms with Gasteiger partial charge in [-0.2, -0.15) is 0 Å². The first-order valence-electron chi connectivity index (χ1n) is 9.09. The smallest absolute Gasteiger partial charge is 0.258 e. The SMILES string of the molecule is C/C=C/c1ccc(OCC(=O)NCc2ccccc2C[NH+](C)C)c(OC)c1. The molecule has 2 aromatic carbocycles. The van der Waals surface area contributed by atoms with Gasteiger partial charge < -0.3 is 19.7 Å². The highest BCUT2D eigenvalue weighted by Gasteiger charge is 2.10. The zero-order valence-corrected chi connectivity index (χ0v) is 16.5. The molecule has 0 aliphatic heterocycles. The van der Waals surface area contributed by atoms with E-state index in [1.165, 1.54) is 10.5 Å². The van der Waals surface area contributed by atoms with Gasteiger partial charge in [-0.15, -0.1) is 0 Å². The zero-order valence-electron chi connectivity index (χ0n) is 16.5. The van der Waals surface area contributed by atoms with Gasteiger partial charge in [0.15, 0.2) is 18.1 Å². The molecule has 0 spiro atoms. The van der Waals surface area contributed by atoms with Crippen molar-refractivity contribution in [1.82, 2.24) is 5.32 Å². The maximum Gasteiger partial charge on any atom is 0.258 e. The van der Waals surface area contributed by atoms with Gasteiger partial charge >= 0.3 is 0 Å². The molecule has 144 valence electrons. The summed E-state index contributed by atoms with van der Waals surface area (Å²) in [6.45, 7) is 3.31. The van der Waals surface area contributed by atoms with Crippen LogP contribution in [-0.2, 0) is 17.9 Å². The van der Waals surface area contributed by atoms with Crippen molar-refractivity contribution in [1.29, 1.82) is 0 Å². The second kappa shape index (κ2) is 10.4. The second-order valence-electron chi connectivity index (χ2n) is 6.63. The van der Waals surface area contributed by atoms with Gasteiger partial charge in [-0.05, 0) is 30.2 Å². The standard InChI is InChI=1S/C22H28N2O3/c1-5-8-17-11-12-20(21(13-17)26-4)27-16-22(25)23-14-18-9-6-7-10-19(18)15-24(2)3/h5-13H,14-16H2,1-4H3,(H,23,25)/p+1/b8-5+. The average molecular weight is 369 g/mol. The molecule has 0 fully saturated rings. The van der Waals surface area contributed by atoms with Crippen LogP contribution in [0.4, 0.5) is 0 Å². The fourth-order valence-corrected chi connectivity index (χ4v) is 2.77. The van der Waals surface area contributed by atoms with Crippen molar-refractivity contribution in [2.75, 3.05) is 27.8 Å². The number of quaternary nitrogens is 1. The van der Waals surface area contributed by atoms with Crippen LogP contribution < -0.4 is 19.7 Å². The van der Waals surface area contributed by atoms with E-state index in [0.717, 1.165) is 17.7 Å². The lowest BCUT2D eigenvalue weighted by molar-refractivity contribution is -0.872. The largest absolute Gasteiger partial charge is 0.493 e. The Kier molecular flexibility index (Phi) is 7.89. The number of nitrogens with one attached hydrogen (secondary N) is 2. The Bertz CT molecular complexity index is 785. The fraction of sp³-hybridized carbons (Fsp3) is 0.318. The summed E-state index contributed by atoms with van der Waals surface area (Å²) in [7, 11) is 5.81. The van der Waals surface area contributed by atoms with E-state index in [2.05, 4.69) is 25.5 Å². The second-order valence-corrected chi connectivity index (χ2v) is 6.63. The van der Waals surface area contributed by atoms with E-state index in [1.807, 2.05) is 55.5 Å². The maximum atomic E-state index is 12.2. The number of benzene rings is 2. The van der Waals surface area contributed by atoms with E-state index in [-0.39, 0.29) is 12.5 Å². The third-order valence-corrected chi connectivity index (χ3v) is 4.04. The average Bonchev–Trinajstić information content (AvgIpc) is 2.66. The molecule has 0 aromatic heterocycles. The minimum Gasteiger partial charge on any atom is -0.493 e. The van der Waals surface area contributed by atoms with Crippen molar-refractivity contribution in [2.45, 2.75) is 20.0 Å². The van der Waals surface area contributed by atoms with Crippen molar-refractivity contribution < 1.29 is 19.2 Å². The number of hydrogen-bond donors (Lipinski definition) is 2. The number of methoxy groups -OCH3 is 1. The summed E-state index contributed by atoms with van der Waals surface area (Å²) in [5.41, 5.74) is 3.38. The van der Waals surface area contributed by atoms with E-state index in [9.17, 15) is 4.79 Å². The molecular weight excluding hydrogens is 340 g/mol. The summed E-state index contributed by atoms with van der Waals surface area (Å²) in [6, 6.07) is 13.8. The molecule has 1 amide bonds. The highest BCUT2D eigenvalue weighted by Crippen LogP contribution is 2.28. The van der Waals surface area contributed by atoms with E-state index in [1.54, 1.807) is 7.11 Å². The predicted octanol–water partition coefficient (Wildman–Crippen LogP) is 2.07. The molecule has 0 unspecified atom stereocenters. The molecule has 0 heterocycles. The van der Waals surface area contributed by atoms with Gasteiger partial charge in [0, 0.05) is 12.1 Å². The van der Waals surface area contributed by atoms with Crippen LogP contribution in [-0.4, -0.2) is 33.7 Å². The first-order chi connectivity index (χ1) is 13.0. The monoisotopic (exact) mass is 369 g/mol. The quantitative estimate of drug-likeness (QED) is 0.712. The molecule has 0 saturated heterocycles. The number of allylic oxidation sites excluding steroid dienone is 1. The molecule has 5 heteroatoms. The lowest BCUT2D eigenvalue weighted by Crippen LogP contribution is -3.04. The van der Waals surface area contributed by atoms with Crippen LogP contribution in [0.15, 0.2) is 48.5 Å². The Hall–Kier alpha value is -2.79. The third-order valence-electron chi connectivity index (χ3n) is 4.04. The molecular formula is C22H29N2O3+. The summed E-state index contributed by atoms with van der Waals surface area (Å²) in [4.78, 5) is 13.5. The van der Waals surface area contributed by atoms with Crippen LogP contribution in [0.3, 0.4) is 0 Å². The van der Waals surface area contributed by atoms with Gasteiger partial charge in [-0.3, -0.25) is 4.79 Å². The predicted molar refractivity (Wildman–Crippen MR) is 108 cm³/mol. The molecule has 0 saturated carbocycles. The molecule has 0 aliphatic carbocycles. The van der Waals surface area contributed by atoms with Crippen LogP contribution in [0.25, 0.3) is 6.08 Å². The van der Waals surface area contributed by atoms with Crippen molar-refractivity contribution in [2.24, 2.45) is 0 Å². The maximum absolute atomic E-state index is 12.2. The number of ether oxygens (including phenoxy) is 2. The van der Waals surface area contributed by atoms with Crippen LogP contribution in [0, 0.1) is 0 Å². The fourth-order valence-electron chi connectivity index (χ4n) is 2.77. The van der Waals surface area contributed by atoms with Crippen LogP contribution in [0.2, 0.25) is 0 Å². The molecule has 0 radical (unpaired) electrons. The molecule has 0 atom stereocenters. The van der Waals surface area contributed by atoms with E-state index >= 15 is 0 Å². The van der Waals surface area contributed by atoms with Gasteiger partial charge in [-0.1, -0.05) is 42.5 Å². The molecule has 0 aliphatic rings. The van der Waals surface area contributed by atoms with Crippen LogP contribution in [0.1, 0.15) is 23.6 Å². The van der Waals surface area contributed by atoms with Gasteiger partial charge in [0.05, 0.1) is 21.2 Å². The van der Waals surface area contributed by atoms with E-state index < -0.39 is 0 Å². The number of carbonyl (C=O) groups is 1. The number of amides is 1. The van der Waals surface area contributed by atoms with E-state index in [0.29, 0.717) is 18.0 Å². The third kappa shape index (κ3) is 6.46. The summed E-state index contributed by atoms with van der Waals surface area (Å²) < 4.78 is 11.0. The summed E-state index contributed by atoms with van der Waals surface area (Å²) in [6.07, 6.45) is 3.93. The summed E-state index contributed by atoms with van der Waals surface area (Å²) in [5, 5.41) is 2.93. The van der Waals surface area contributed by atoms with Crippen LogP contribution >= 0.6 is 0 Å². The van der Waals surface area contributed by atoms with Crippen molar-refractivity contribution in [3.8, 4) is 11.5 Å². The highest BCUT2D eigenvalue weighted by molar-refractivity contribution is 5.77. The lowest BCUT2D eigenvalue weighted by atomic mass is 10.1.